The fourth-order valence-electron chi connectivity index (χ4n) is 3.20. The molecule has 0 atom stereocenters. The third kappa shape index (κ3) is 3.80. The maximum Gasteiger partial charge on any atom is 0.263 e. The van der Waals surface area contributed by atoms with Gasteiger partial charge in [-0.25, -0.2) is 4.39 Å². The van der Waals surface area contributed by atoms with Gasteiger partial charge in [0, 0.05) is 10.6 Å². The Balaban J connectivity index is 1.81. The number of benzene rings is 3. The van der Waals surface area contributed by atoms with Crippen LogP contribution in [0.25, 0.3) is 11.8 Å². The Morgan fingerprint density at radius 3 is 2.31 bits per heavy atom. The minimum absolute atomic E-state index is 0.205. The van der Waals surface area contributed by atoms with Gasteiger partial charge in [0.25, 0.3) is 5.91 Å². The van der Waals surface area contributed by atoms with Crippen LogP contribution in [0.2, 0.25) is 5.02 Å². The molecule has 0 bridgehead atoms. The van der Waals surface area contributed by atoms with Crippen LogP contribution in [0.5, 0.6) is 5.75 Å². The summed E-state index contributed by atoms with van der Waals surface area (Å²) in [5.74, 6) is -0.0300. The third-order valence-corrected chi connectivity index (χ3v) is 4.91. The molecule has 5 heteroatoms. The zero-order valence-corrected chi connectivity index (χ0v) is 16.4. The number of para-hydroxylation sites is 1. The van der Waals surface area contributed by atoms with E-state index >= 15 is 0 Å². The molecule has 1 heterocycles. The van der Waals surface area contributed by atoms with Crippen LogP contribution in [0.1, 0.15) is 11.1 Å². The van der Waals surface area contributed by atoms with E-state index < -0.39 is 5.82 Å². The summed E-state index contributed by atoms with van der Waals surface area (Å²) in [7, 11) is 1.60. The molecule has 0 radical (unpaired) electrons. The molecule has 1 aliphatic heterocycles. The Kier molecular flexibility index (Phi) is 5.19. The average Bonchev–Trinajstić information content (AvgIpc) is 3.05. The summed E-state index contributed by atoms with van der Waals surface area (Å²) in [4.78, 5) is 14.6. The normalized spacial score (nSPS) is 15.0. The highest BCUT2D eigenvalue weighted by atomic mass is 35.5. The van der Waals surface area contributed by atoms with Gasteiger partial charge < -0.3 is 4.74 Å². The lowest BCUT2D eigenvalue weighted by Crippen LogP contribution is -2.25. The van der Waals surface area contributed by atoms with Gasteiger partial charge in [0.15, 0.2) is 0 Å². The van der Waals surface area contributed by atoms with Gasteiger partial charge in [-0.3, -0.25) is 9.69 Å². The van der Waals surface area contributed by atoms with Crippen molar-refractivity contribution >= 4 is 35.0 Å². The molecule has 0 fully saturated rings. The molecule has 0 saturated carbocycles. The molecule has 3 aromatic rings. The van der Waals surface area contributed by atoms with Gasteiger partial charge in [0.2, 0.25) is 0 Å². The van der Waals surface area contributed by atoms with Crippen LogP contribution in [0.3, 0.4) is 0 Å². The first-order valence-corrected chi connectivity index (χ1v) is 9.37. The van der Waals surface area contributed by atoms with E-state index in [1.165, 1.54) is 11.0 Å². The van der Waals surface area contributed by atoms with E-state index in [1.54, 1.807) is 49.6 Å². The number of methoxy groups -OCH3 is 1. The molecule has 0 aliphatic carbocycles. The van der Waals surface area contributed by atoms with Gasteiger partial charge >= 0.3 is 0 Å². The molecule has 144 valence electrons. The van der Waals surface area contributed by atoms with Crippen molar-refractivity contribution in [2.45, 2.75) is 0 Å². The summed E-state index contributed by atoms with van der Waals surface area (Å²) in [6, 6.07) is 20.7. The fraction of sp³-hybridized carbons (Fsp3) is 0.0417. The summed E-state index contributed by atoms with van der Waals surface area (Å²) in [5.41, 5.74) is 2.87. The monoisotopic (exact) mass is 405 g/mol. The second kappa shape index (κ2) is 7.94. The summed E-state index contributed by atoms with van der Waals surface area (Å²) < 4.78 is 19.7. The number of nitrogens with zero attached hydrogens (tertiary/aromatic N) is 1. The van der Waals surface area contributed by atoms with Crippen LogP contribution in [0.15, 0.2) is 84.4 Å². The van der Waals surface area contributed by atoms with Crippen molar-refractivity contribution in [1.29, 1.82) is 0 Å². The molecule has 3 nitrogen and oxygen atoms in total. The van der Waals surface area contributed by atoms with Crippen molar-refractivity contribution in [2.24, 2.45) is 0 Å². The zero-order valence-electron chi connectivity index (χ0n) is 15.6. The predicted molar refractivity (Wildman–Crippen MR) is 114 cm³/mol. The van der Waals surface area contributed by atoms with Gasteiger partial charge in [-0.15, -0.1) is 0 Å². The van der Waals surface area contributed by atoms with Crippen molar-refractivity contribution in [2.75, 3.05) is 12.0 Å². The molecule has 0 unspecified atom stereocenters. The van der Waals surface area contributed by atoms with E-state index in [1.807, 2.05) is 36.4 Å². The molecule has 0 N–H and O–H groups in total. The summed E-state index contributed by atoms with van der Waals surface area (Å²) in [5, 5.41) is 0.588. The topological polar surface area (TPSA) is 29.5 Å². The standard InChI is InChI=1S/C24H17ClFNO2/c1-29-20-12-6-16(7-13-20)14-18-15-23(17-8-10-19(25)11-9-17)27(24(18)28)22-5-3-2-4-21(22)26/h2-15H,1H3/b18-14-. The molecule has 0 saturated heterocycles. The molecule has 0 aromatic heterocycles. The lowest BCUT2D eigenvalue weighted by molar-refractivity contribution is -0.113. The van der Waals surface area contributed by atoms with E-state index in [-0.39, 0.29) is 11.6 Å². The number of carbonyl (C=O) groups excluding carboxylic acids is 1. The summed E-state index contributed by atoms with van der Waals surface area (Å²) >= 11 is 6.00. The number of ether oxygens (including phenoxy) is 1. The molecule has 4 rings (SSSR count). The number of amides is 1. The third-order valence-electron chi connectivity index (χ3n) is 4.65. The van der Waals surface area contributed by atoms with Crippen LogP contribution in [0.4, 0.5) is 10.1 Å². The molecule has 3 aromatic carbocycles. The Morgan fingerprint density at radius 1 is 0.966 bits per heavy atom. The van der Waals surface area contributed by atoms with E-state index in [4.69, 9.17) is 16.3 Å². The van der Waals surface area contributed by atoms with Crippen LogP contribution in [-0.2, 0) is 4.79 Å². The highest BCUT2D eigenvalue weighted by Gasteiger charge is 2.31. The SMILES string of the molecule is COc1ccc(/C=C2/C=C(c3ccc(Cl)cc3)N(c3ccccc3F)C2=O)cc1. The summed E-state index contributed by atoms with van der Waals surface area (Å²) in [6.07, 6.45) is 3.54. The Labute approximate surface area is 173 Å². The van der Waals surface area contributed by atoms with Gasteiger partial charge in [-0.05, 0) is 59.7 Å². The van der Waals surface area contributed by atoms with Crippen molar-refractivity contribution < 1.29 is 13.9 Å². The van der Waals surface area contributed by atoms with Crippen LogP contribution < -0.4 is 9.64 Å². The molecular weight excluding hydrogens is 389 g/mol. The zero-order chi connectivity index (χ0) is 20.4. The Morgan fingerprint density at radius 2 is 1.66 bits per heavy atom. The van der Waals surface area contributed by atoms with Gasteiger partial charge in [-0.2, -0.15) is 0 Å². The first-order chi connectivity index (χ1) is 14.1. The molecule has 1 amide bonds. The number of carbonyl (C=O) groups is 1. The maximum absolute atomic E-state index is 14.5. The van der Waals surface area contributed by atoms with E-state index in [2.05, 4.69) is 0 Å². The number of hydrogen-bond acceptors (Lipinski definition) is 2. The lowest BCUT2D eigenvalue weighted by Gasteiger charge is -2.21. The summed E-state index contributed by atoms with van der Waals surface area (Å²) in [6.45, 7) is 0. The van der Waals surface area contributed by atoms with Crippen molar-refractivity contribution in [3.63, 3.8) is 0 Å². The highest BCUT2D eigenvalue weighted by Crippen LogP contribution is 2.36. The second-order valence-corrected chi connectivity index (χ2v) is 6.94. The first kappa shape index (κ1) is 19.0. The smallest absolute Gasteiger partial charge is 0.263 e. The Hall–Kier alpha value is -3.37. The average molecular weight is 406 g/mol. The minimum atomic E-state index is -0.466. The number of rotatable bonds is 4. The molecule has 29 heavy (non-hydrogen) atoms. The minimum Gasteiger partial charge on any atom is -0.497 e. The molecule has 1 aliphatic rings. The van der Waals surface area contributed by atoms with Crippen LogP contribution in [-0.4, -0.2) is 13.0 Å². The number of hydrogen-bond donors (Lipinski definition) is 0. The van der Waals surface area contributed by atoms with E-state index in [0.717, 1.165) is 16.9 Å². The van der Waals surface area contributed by atoms with Crippen molar-refractivity contribution in [3.8, 4) is 5.75 Å². The largest absolute Gasteiger partial charge is 0.497 e. The lowest BCUT2D eigenvalue weighted by atomic mass is 10.1. The number of anilines is 1. The van der Waals surface area contributed by atoms with E-state index in [9.17, 15) is 9.18 Å². The molecular formula is C24H17ClFNO2. The van der Waals surface area contributed by atoms with Crippen LogP contribution in [0, 0.1) is 5.82 Å². The van der Waals surface area contributed by atoms with Gasteiger partial charge in [-0.1, -0.05) is 48.0 Å². The fourth-order valence-corrected chi connectivity index (χ4v) is 3.33. The quantitative estimate of drug-likeness (QED) is 0.501. The van der Waals surface area contributed by atoms with Crippen molar-refractivity contribution in [3.05, 3.63) is 106 Å². The number of halogens is 2. The maximum atomic E-state index is 14.5. The van der Waals surface area contributed by atoms with Gasteiger partial charge in [0.05, 0.1) is 18.5 Å². The van der Waals surface area contributed by atoms with Crippen molar-refractivity contribution in [1.82, 2.24) is 0 Å². The second-order valence-electron chi connectivity index (χ2n) is 6.50. The predicted octanol–water partition coefficient (Wildman–Crippen LogP) is 5.96. The van der Waals surface area contributed by atoms with Gasteiger partial charge in [0.1, 0.15) is 11.6 Å². The Bertz CT molecular complexity index is 1120. The highest BCUT2D eigenvalue weighted by molar-refractivity contribution is 6.30. The van der Waals surface area contributed by atoms with E-state index in [0.29, 0.717) is 16.3 Å². The first-order valence-electron chi connectivity index (χ1n) is 8.99. The van der Waals surface area contributed by atoms with Crippen LogP contribution >= 0.6 is 11.6 Å². The molecule has 0 spiro atoms.